The fourth-order valence-electron chi connectivity index (χ4n) is 0.985. The molecule has 2 nitrogen and oxygen atoms in total. The number of likely N-dealkylation sites (tertiary alicyclic amines) is 1. The van der Waals surface area contributed by atoms with Gasteiger partial charge in [0.2, 0.25) is 0 Å². The number of piperidine rings is 1. The van der Waals surface area contributed by atoms with E-state index in [4.69, 9.17) is 0 Å². The maximum atomic E-state index is 11.0. The summed E-state index contributed by atoms with van der Waals surface area (Å²) in [6.07, 6.45) is 4.19. The molecule has 0 atom stereocenters. The summed E-state index contributed by atoms with van der Waals surface area (Å²) in [5, 5.41) is 11.0. The van der Waals surface area contributed by atoms with E-state index in [-0.39, 0.29) is 4.65 Å². The van der Waals surface area contributed by atoms with Crippen molar-refractivity contribution in [2.24, 2.45) is 0 Å². The molecule has 46 valence electrons. The summed E-state index contributed by atoms with van der Waals surface area (Å²) in [7, 11) is 1.74. The van der Waals surface area contributed by atoms with Gasteiger partial charge in [-0.05, 0) is 6.42 Å². The average Bonchev–Trinajstić information content (AvgIpc) is 1.65. The van der Waals surface area contributed by atoms with Crippen LogP contribution in [0.25, 0.3) is 0 Å². The van der Waals surface area contributed by atoms with Gasteiger partial charge in [-0.2, -0.15) is 0 Å². The van der Waals surface area contributed by atoms with Crippen LogP contribution in [0, 0.1) is 6.42 Å². The number of rotatable bonds is 0. The summed E-state index contributed by atoms with van der Waals surface area (Å²) < 4.78 is -0.0312. The molecule has 1 fully saturated rings. The van der Waals surface area contributed by atoms with Crippen LogP contribution < -0.4 is 0 Å². The molecule has 1 aliphatic heterocycles. The van der Waals surface area contributed by atoms with Gasteiger partial charge >= 0.3 is 0 Å². The van der Waals surface area contributed by atoms with Crippen LogP contribution >= 0.6 is 0 Å². The van der Waals surface area contributed by atoms with Crippen molar-refractivity contribution in [3.63, 3.8) is 0 Å². The van der Waals surface area contributed by atoms with Gasteiger partial charge in [-0.25, -0.2) is 0 Å². The molecule has 1 saturated heterocycles. The van der Waals surface area contributed by atoms with Crippen LogP contribution in [0.5, 0.6) is 0 Å². The zero-order valence-corrected chi connectivity index (χ0v) is 5.26. The number of hydroxylamine groups is 3. The summed E-state index contributed by atoms with van der Waals surface area (Å²) in [4.78, 5) is 0. The van der Waals surface area contributed by atoms with E-state index < -0.39 is 0 Å². The van der Waals surface area contributed by atoms with Gasteiger partial charge in [-0.15, -0.1) is 4.65 Å². The highest BCUT2D eigenvalue weighted by molar-refractivity contribution is 4.66. The first-order valence-electron chi connectivity index (χ1n) is 3.08. The van der Waals surface area contributed by atoms with Gasteiger partial charge in [0.1, 0.15) is 20.1 Å². The van der Waals surface area contributed by atoms with Crippen LogP contribution in [0.2, 0.25) is 0 Å². The zero-order chi connectivity index (χ0) is 6.04. The summed E-state index contributed by atoms with van der Waals surface area (Å²) in [6.45, 7) is 1.56. The SMILES string of the molecule is C[N+]1([O])CC[CH]CC1. The monoisotopic (exact) mass is 114 g/mol. The Morgan fingerprint density at radius 1 is 1.38 bits per heavy atom. The molecule has 8 heavy (non-hydrogen) atoms. The Balaban J connectivity index is 2.33. The Morgan fingerprint density at radius 3 is 2.12 bits per heavy atom. The number of quaternary nitrogens is 1. The Labute approximate surface area is 50.3 Å². The van der Waals surface area contributed by atoms with Crippen molar-refractivity contribution in [3.8, 4) is 0 Å². The van der Waals surface area contributed by atoms with Crippen molar-refractivity contribution in [3.05, 3.63) is 6.42 Å². The molecule has 0 aromatic carbocycles. The van der Waals surface area contributed by atoms with E-state index >= 15 is 0 Å². The maximum Gasteiger partial charge on any atom is 0.112 e. The van der Waals surface area contributed by atoms with E-state index in [1.54, 1.807) is 7.05 Å². The van der Waals surface area contributed by atoms with Crippen LogP contribution in [0.4, 0.5) is 0 Å². The molecule has 0 aromatic heterocycles. The molecule has 1 aliphatic rings. The molecular weight excluding hydrogens is 102 g/mol. The van der Waals surface area contributed by atoms with Crippen LogP contribution in [-0.2, 0) is 5.21 Å². The van der Waals surface area contributed by atoms with E-state index in [0.717, 1.165) is 25.9 Å². The van der Waals surface area contributed by atoms with Crippen LogP contribution in [0.1, 0.15) is 12.8 Å². The molecule has 0 aliphatic carbocycles. The largest absolute Gasteiger partial charge is 0.144 e. The summed E-state index contributed by atoms with van der Waals surface area (Å²) in [6, 6.07) is 0. The fraction of sp³-hybridized carbons (Fsp3) is 0.833. The van der Waals surface area contributed by atoms with Crippen LogP contribution in [-0.4, -0.2) is 24.8 Å². The van der Waals surface area contributed by atoms with Crippen molar-refractivity contribution in [1.29, 1.82) is 0 Å². The quantitative estimate of drug-likeness (QED) is 0.415. The van der Waals surface area contributed by atoms with Crippen molar-refractivity contribution >= 4 is 0 Å². The molecule has 0 amide bonds. The number of hydrogen-bond acceptors (Lipinski definition) is 0. The number of hydrogen-bond donors (Lipinski definition) is 0. The van der Waals surface area contributed by atoms with Gasteiger partial charge in [-0.3, -0.25) is 0 Å². The molecule has 0 aromatic rings. The highest BCUT2D eigenvalue weighted by atomic mass is 16.5. The van der Waals surface area contributed by atoms with Gasteiger partial charge in [0.05, 0.1) is 0 Å². The van der Waals surface area contributed by atoms with Crippen molar-refractivity contribution < 1.29 is 9.85 Å². The predicted octanol–water partition coefficient (Wildman–Crippen LogP) is 0.777. The fourth-order valence-corrected chi connectivity index (χ4v) is 0.985. The third-order valence-corrected chi connectivity index (χ3v) is 1.61. The van der Waals surface area contributed by atoms with Gasteiger partial charge < -0.3 is 0 Å². The average molecular weight is 114 g/mol. The Kier molecular flexibility index (Phi) is 1.54. The lowest BCUT2D eigenvalue weighted by atomic mass is 10.1. The summed E-state index contributed by atoms with van der Waals surface area (Å²) in [5.74, 6) is 0. The molecule has 2 heteroatoms. The molecular formula is C6H12NO+. The van der Waals surface area contributed by atoms with E-state index in [1.165, 1.54) is 0 Å². The topological polar surface area (TPSA) is 19.9 Å². The molecule has 1 heterocycles. The van der Waals surface area contributed by atoms with E-state index in [9.17, 15) is 5.21 Å². The normalized spacial score (nSPS) is 27.8. The highest BCUT2D eigenvalue weighted by Gasteiger charge is 2.24. The van der Waals surface area contributed by atoms with Crippen molar-refractivity contribution in [1.82, 2.24) is 0 Å². The molecule has 1 rings (SSSR count). The Hall–Kier alpha value is -0.0800. The molecule has 0 spiro atoms. The molecule has 0 bridgehead atoms. The lowest BCUT2D eigenvalue weighted by Crippen LogP contribution is -2.43. The number of nitrogens with zero attached hydrogens (tertiary/aromatic N) is 1. The van der Waals surface area contributed by atoms with Crippen LogP contribution in [0.15, 0.2) is 0 Å². The van der Waals surface area contributed by atoms with Crippen LogP contribution in [0.3, 0.4) is 0 Å². The lowest BCUT2D eigenvalue weighted by Gasteiger charge is -2.25. The minimum atomic E-state index is -0.0312. The maximum absolute atomic E-state index is 11.0. The predicted molar refractivity (Wildman–Crippen MR) is 30.1 cm³/mol. The second-order valence-corrected chi connectivity index (χ2v) is 2.61. The van der Waals surface area contributed by atoms with E-state index in [0.29, 0.717) is 0 Å². The first kappa shape index (κ1) is 6.05. The minimum absolute atomic E-state index is 0.0312. The second kappa shape index (κ2) is 2.03. The second-order valence-electron chi connectivity index (χ2n) is 2.61. The first-order chi connectivity index (χ1) is 3.71. The third kappa shape index (κ3) is 1.46. The van der Waals surface area contributed by atoms with Gasteiger partial charge in [-0.1, -0.05) is 0 Å². The Bertz CT molecular complexity index is 72.6. The molecule has 2 radical (unpaired) electrons. The highest BCUT2D eigenvalue weighted by Crippen LogP contribution is 2.11. The standard InChI is InChI=1S/C6H12NO/c1-7(8)5-3-2-4-6-7/h2H,3-6H2,1H3/q+1. The van der Waals surface area contributed by atoms with Crippen molar-refractivity contribution in [2.45, 2.75) is 12.8 Å². The first-order valence-corrected chi connectivity index (χ1v) is 3.08. The van der Waals surface area contributed by atoms with Gasteiger partial charge in [0.15, 0.2) is 0 Å². The van der Waals surface area contributed by atoms with Crippen molar-refractivity contribution in [2.75, 3.05) is 20.1 Å². The summed E-state index contributed by atoms with van der Waals surface area (Å²) >= 11 is 0. The summed E-state index contributed by atoms with van der Waals surface area (Å²) in [5.41, 5.74) is 0. The minimum Gasteiger partial charge on any atom is -0.144 e. The Morgan fingerprint density at radius 2 is 1.88 bits per heavy atom. The molecule has 0 N–H and O–H groups in total. The molecule has 0 saturated carbocycles. The van der Waals surface area contributed by atoms with E-state index in [2.05, 4.69) is 6.42 Å². The molecule has 0 unspecified atom stereocenters. The zero-order valence-electron chi connectivity index (χ0n) is 5.26. The third-order valence-electron chi connectivity index (χ3n) is 1.61. The van der Waals surface area contributed by atoms with Gasteiger partial charge in [0, 0.05) is 18.0 Å². The lowest BCUT2D eigenvalue weighted by molar-refractivity contribution is -1.12. The van der Waals surface area contributed by atoms with E-state index in [1.807, 2.05) is 0 Å². The van der Waals surface area contributed by atoms with Gasteiger partial charge in [0.25, 0.3) is 0 Å². The smallest absolute Gasteiger partial charge is 0.112 e.